The van der Waals surface area contributed by atoms with Crippen molar-refractivity contribution in [1.29, 1.82) is 5.26 Å². The topological polar surface area (TPSA) is 50.1 Å². The molecule has 0 aliphatic carbocycles. The second-order valence-electron chi connectivity index (χ2n) is 5.46. The number of rotatable bonds is 5. The van der Waals surface area contributed by atoms with Crippen LogP contribution in [0.4, 0.5) is 4.39 Å². The molecule has 5 heteroatoms. The van der Waals surface area contributed by atoms with Crippen LogP contribution in [0.15, 0.2) is 35.7 Å². The molecule has 0 aromatic heterocycles. The molecule has 20 heavy (non-hydrogen) atoms. The van der Waals surface area contributed by atoms with E-state index in [0.29, 0.717) is 0 Å². The van der Waals surface area contributed by atoms with Crippen LogP contribution in [0, 0.1) is 16.7 Å². The van der Waals surface area contributed by atoms with Crippen LogP contribution in [0.5, 0.6) is 0 Å². The van der Waals surface area contributed by atoms with E-state index >= 15 is 0 Å². The molecule has 1 atom stereocenters. The Balaban J connectivity index is 5.22. The monoisotopic (exact) mass is 299 g/mol. The molecular formula is C15H19ClFNO2. The Labute approximate surface area is 124 Å². The van der Waals surface area contributed by atoms with Gasteiger partial charge in [-0.2, -0.15) is 5.26 Å². The third-order valence-electron chi connectivity index (χ3n) is 2.24. The molecule has 0 N–H and O–H groups in total. The van der Waals surface area contributed by atoms with Gasteiger partial charge < -0.3 is 4.74 Å². The number of ether oxygens (including phenoxy) is 1. The van der Waals surface area contributed by atoms with Crippen molar-refractivity contribution in [2.24, 2.45) is 5.41 Å². The molecule has 0 fully saturated rings. The third kappa shape index (κ3) is 6.03. The first-order chi connectivity index (χ1) is 9.05. The summed E-state index contributed by atoms with van der Waals surface area (Å²) in [6.07, 6.45) is 3.72. The standard InChI is InChI=1S/C15H19ClFNO2/c1-6-7-8-11(16)13(17)15(5,10-18)9-12(19)20-14(2,3)4/h6-8H,1,9H2,2-5H3/b8-7-,13-11+. The van der Waals surface area contributed by atoms with Gasteiger partial charge in [-0.05, 0) is 33.8 Å². The molecule has 0 saturated heterocycles. The lowest BCUT2D eigenvalue weighted by molar-refractivity contribution is -0.156. The number of allylic oxidation sites excluding steroid dienone is 5. The Morgan fingerprint density at radius 2 is 2.00 bits per heavy atom. The van der Waals surface area contributed by atoms with Gasteiger partial charge in [0, 0.05) is 0 Å². The SMILES string of the molecule is C=C/C=C\C(Cl)=C(/F)C(C)(C#N)CC(=O)OC(C)(C)C. The first-order valence-electron chi connectivity index (χ1n) is 6.03. The van der Waals surface area contributed by atoms with Crippen molar-refractivity contribution in [3.05, 3.63) is 35.7 Å². The molecule has 0 rings (SSSR count). The van der Waals surface area contributed by atoms with Crippen LogP contribution >= 0.6 is 11.6 Å². The van der Waals surface area contributed by atoms with Crippen molar-refractivity contribution in [3.8, 4) is 6.07 Å². The van der Waals surface area contributed by atoms with Gasteiger partial charge in [-0.3, -0.25) is 4.79 Å². The molecule has 0 heterocycles. The smallest absolute Gasteiger partial charge is 0.308 e. The molecule has 0 aliphatic rings. The lowest BCUT2D eigenvalue weighted by Gasteiger charge is -2.24. The second kappa shape index (κ2) is 7.25. The van der Waals surface area contributed by atoms with Gasteiger partial charge in [0.15, 0.2) is 0 Å². The van der Waals surface area contributed by atoms with E-state index in [0.717, 1.165) is 0 Å². The highest BCUT2D eigenvalue weighted by Crippen LogP contribution is 2.36. The maximum atomic E-state index is 14.2. The van der Waals surface area contributed by atoms with E-state index in [1.54, 1.807) is 26.8 Å². The van der Waals surface area contributed by atoms with Crippen LogP contribution in [0.25, 0.3) is 0 Å². The summed E-state index contributed by atoms with van der Waals surface area (Å²) in [5.41, 5.74) is -2.36. The van der Waals surface area contributed by atoms with E-state index in [4.69, 9.17) is 21.6 Å². The van der Waals surface area contributed by atoms with Crippen molar-refractivity contribution < 1.29 is 13.9 Å². The summed E-state index contributed by atoms with van der Waals surface area (Å²) >= 11 is 5.76. The molecule has 0 saturated carbocycles. The molecule has 0 radical (unpaired) electrons. The van der Waals surface area contributed by atoms with Gasteiger partial charge >= 0.3 is 5.97 Å². The minimum absolute atomic E-state index is 0.238. The quantitative estimate of drug-likeness (QED) is 0.558. The second-order valence-corrected chi connectivity index (χ2v) is 5.87. The summed E-state index contributed by atoms with van der Waals surface area (Å²) in [5.74, 6) is -1.53. The van der Waals surface area contributed by atoms with Gasteiger partial charge in [0.05, 0.1) is 17.5 Å². The van der Waals surface area contributed by atoms with Crippen LogP contribution < -0.4 is 0 Å². The van der Waals surface area contributed by atoms with Gasteiger partial charge in [0.25, 0.3) is 0 Å². The summed E-state index contributed by atoms with van der Waals surface area (Å²) in [7, 11) is 0. The lowest BCUT2D eigenvalue weighted by atomic mass is 9.86. The average molecular weight is 300 g/mol. The average Bonchev–Trinajstić information content (AvgIpc) is 2.32. The minimum Gasteiger partial charge on any atom is -0.460 e. The molecule has 0 aromatic rings. The number of hydrogen-bond acceptors (Lipinski definition) is 3. The maximum Gasteiger partial charge on any atom is 0.308 e. The fraction of sp³-hybridized carbons (Fsp3) is 0.467. The minimum atomic E-state index is -1.66. The predicted octanol–water partition coefficient (Wildman–Crippen LogP) is 4.41. The summed E-state index contributed by atoms with van der Waals surface area (Å²) in [6.45, 7) is 9.82. The van der Waals surface area contributed by atoms with Crippen LogP contribution in [-0.4, -0.2) is 11.6 Å². The number of hydrogen-bond donors (Lipinski definition) is 0. The molecule has 0 spiro atoms. The summed E-state index contributed by atoms with van der Waals surface area (Å²) < 4.78 is 19.3. The van der Waals surface area contributed by atoms with Crippen molar-refractivity contribution in [3.63, 3.8) is 0 Å². The summed E-state index contributed by atoms with van der Waals surface area (Å²) in [5, 5.41) is 8.90. The Bertz CT molecular complexity index is 483. The largest absolute Gasteiger partial charge is 0.460 e. The zero-order chi connectivity index (χ0) is 16.0. The Kier molecular flexibility index (Phi) is 6.67. The number of carbonyl (C=O) groups excluding carboxylic acids is 1. The van der Waals surface area contributed by atoms with Crippen molar-refractivity contribution in [2.75, 3.05) is 0 Å². The first-order valence-corrected chi connectivity index (χ1v) is 6.41. The lowest BCUT2D eigenvalue weighted by Crippen LogP contribution is -2.28. The van der Waals surface area contributed by atoms with Gasteiger partial charge in [-0.15, -0.1) is 0 Å². The molecule has 0 aromatic carbocycles. The Morgan fingerprint density at radius 1 is 1.45 bits per heavy atom. The van der Waals surface area contributed by atoms with Gasteiger partial charge in [-0.25, -0.2) is 4.39 Å². The van der Waals surface area contributed by atoms with E-state index in [2.05, 4.69) is 6.58 Å². The summed E-state index contributed by atoms with van der Waals surface area (Å²) in [6, 6.07) is 1.77. The van der Waals surface area contributed by atoms with Crippen molar-refractivity contribution in [1.82, 2.24) is 0 Å². The maximum absolute atomic E-state index is 14.2. The van der Waals surface area contributed by atoms with Crippen LogP contribution in [0.3, 0.4) is 0 Å². The van der Waals surface area contributed by atoms with Crippen LogP contribution in [0.2, 0.25) is 0 Å². The van der Waals surface area contributed by atoms with Crippen molar-refractivity contribution in [2.45, 2.75) is 39.7 Å². The highest BCUT2D eigenvalue weighted by molar-refractivity contribution is 6.31. The fourth-order valence-corrected chi connectivity index (χ4v) is 1.60. The van der Waals surface area contributed by atoms with Crippen molar-refractivity contribution >= 4 is 17.6 Å². The fourth-order valence-electron chi connectivity index (χ4n) is 1.32. The molecule has 110 valence electrons. The van der Waals surface area contributed by atoms with Crippen LogP contribution in [0.1, 0.15) is 34.1 Å². The first kappa shape index (κ1) is 18.4. The highest BCUT2D eigenvalue weighted by Gasteiger charge is 2.36. The molecule has 0 aliphatic heterocycles. The van der Waals surface area contributed by atoms with E-state index in [1.807, 2.05) is 0 Å². The zero-order valence-electron chi connectivity index (χ0n) is 12.2. The van der Waals surface area contributed by atoms with Crippen LogP contribution in [-0.2, 0) is 9.53 Å². The predicted molar refractivity (Wildman–Crippen MR) is 77.5 cm³/mol. The van der Waals surface area contributed by atoms with Gasteiger partial charge in [0.2, 0.25) is 0 Å². The number of carbonyl (C=O) groups is 1. The summed E-state index contributed by atoms with van der Waals surface area (Å²) in [4.78, 5) is 11.7. The molecule has 1 unspecified atom stereocenters. The highest BCUT2D eigenvalue weighted by atomic mass is 35.5. The number of halogens is 2. The van der Waals surface area contributed by atoms with E-state index in [9.17, 15) is 9.18 Å². The zero-order valence-corrected chi connectivity index (χ0v) is 12.9. The van der Waals surface area contributed by atoms with E-state index < -0.39 is 29.2 Å². The molecular weight excluding hydrogens is 281 g/mol. The number of esters is 1. The number of nitriles is 1. The molecule has 0 bridgehead atoms. The Morgan fingerprint density at radius 3 is 2.40 bits per heavy atom. The number of nitrogens with zero attached hydrogens (tertiary/aromatic N) is 1. The van der Waals surface area contributed by atoms with E-state index in [1.165, 1.54) is 25.2 Å². The van der Waals surface area contributed by atoms with Gasteiger partial charge in [-0.1, -0.05) is 30.3 Å². The normalized spacial score (nSPS) is 16.1. The molecule has 3 nitrogen and oxygen atoms in total. The van der Waals surface area contributed by atoms with E-state index in [-0.39, 0.29) is 5.03 Å². The van der Waals surface area contributed by atoms with Gasteiger partial charge in [0.1, 0.15) is 16.8 Å². The third-order valence-corrected chi connectivity index (χ3v) is 2.53. The molecule has 0 amide bonds. The Hall–Kier alpha value is -1.60.